The van der Waals surface area contributed by atoms with Crippen LogP contribution in [-0.4, -0.2) is 85.6 Å². The zero-order chi connectivity index (χ0) is 26.5. The first kappa shape index (κ1) is 34.7. The molecule has 204 valence electrons. The third-order valence-electron chi connectivity index (χ3n) is 9.98. The van der Waals surface area contributed by atoms with E-state index in [1.54, 1.807) is 48.5 Å². The van der Waals surface area contributed by atoms with E-state index in [1.807, 2.05) is 0 Å². The maximum Gasteiger partial charge on any atom is 0.335 e. The van der Waals surface area contributed by atoms with Gasteiger partial charge in [0.05, 0.1) is 29.8 Å². The number of aliphatic hydroxyl groups excluding tert-OH is 3. The number of rotatable bonds is 3. The Balaban J connectivity index is 0.00000241. The van der Waals surface area contributed by atoms with E-state index in [4.69, 9.17) is 9.47 Å². The second kappa shape index (κ2) is 11.3. The average Bonchev–Trinajstić information content (AvgIpc) is 2.76. The first-order valence-electron chi connectivity index (χ1n) is 12.5. The summed E-state index contributed by atoms with van der Waals surface area (Å²) in [4.78, 5) is 26.6. The minimum Gasteiger partial charge on any atom is -0.456 e. The van der Waals surface area contributed by atoms with Crippen molar-refractivity contribution in [2.24, 2.45) is 28.6 Å². The van der Waals surface area contributed by atoms with Crippen molar-refractivity contribution in [1.29, 1.82) is 0 Å². The van der Waals surface area contributed by atoms with E-state index in [0.29, 0.717) is 5.57 Å². The standard InChI is InChI=1S/C26H40O9.2Ac/c1-11(2)18(28)22(31)35-14-9-26(33)13(4)20-24(7,15(27)8-16-25(20,32)10-34-16)21(30)19(29)17(12(14)3)23(26,5)6;;/h11,13-16,18-20,27-29,32-33H,8-10H2,1-7H3;;/t13-,14?,15?,16?,18?,19?,20?,24+,25-,26?;;/m0../s1. The predicted octanol–water partition coefficient (Wildman–Crippen LogP) is 0.489. The van der Waals surface area contributed by atoms with Crippen LogP contribution >= 0.6 is 0 Å². The largest absolute Gasteiger partial charge is 0.456 e. The van der Waals surface area contributed by atoms with Gasteiger partial charge in [-0.2, -0.15) is 0 Å². The summed E-state index contributed by atoms with van der Waals surface area (Å²) < 4.78 is 11.2. The van der Waals surface area contributed by atoms with Crippen molar-refractivity contribution in [3.63, 3.8) is 0 Å². The van der Waals surface area contributed by atoms with Gasteiger partial charge < -0.3 is 35.0 Å². The second-order valence-electron chi connectivity index (χ2n) is 12.3. The zero-order valence-corrected chi connectivity index (χ0v) is 32.3. The zero-order valence-electron chi connectivity index (χ0n) is 22.8. The van der Waals surface area contributed by atoms with Crippen molar-refractivity contribution < 1.29 is 133 Å². The van der Waals surface area contributed by atoms with Crippen LogP contribution in [0, 0.1) is 117 Å². The molecule has 10 atom stereocenters. The fourth-order valence-electron chi connectivity index (χ4n) is 7.59. The third kappa shape index (κ3) is 4.78. The van der Waals surface area contributed by atoms with Gasteiger partial charge in [-0.15, -0.1) is 0 Å². The Bertz CT molecular complexity index is 968. The molecule has 11 heteroatoms. The molecule has 3 fully saturated rings. The SMILES string of the molecule is CC1=C2C(O)C(=O)[C@]3(C)C(O)CC4OC[C@@]4(O)C3[C@H](C)C(O)(CC1OC(=O)C(O)C(C)C)C2(C)C.[Ac].[Ac]. The van der Waals surface area contributed by atoms with Crippen molar-refractivity contribution in [3.8, 4) is 0 Å². The molecule has 1 saturated heterocycles. The van der Waals surface area contributed by atoms with Crippen LogP contribution in [0.5, 0.6) is 0 Å². The van der Waals surface area contributed by atoms with Crippen molar-refractivity contribution in [1.82, 2.24) is 0 Å². The van der Waals surface area contributed by atoms with Crippen LogP contribution < -0.4 is 0 Å². The van der Waals surface area contributed by atoms with E-state index in [-0.39, 0.29) is 119 Å². The van der Waals surface area contributed by atoms with E-state index in [1.165, 1.54) is 0 Å². The second-order valence-corrected chi connectivity index (χ2v) is 12.3. The van der Waals surface area contributed by atoms with E-state index in [9.17, 15) is 35.1 Å². The van der Waals surface area contributed by atoms with Crippen molar-refractivity contribution in [2.75, 3.05) is 6.61 Å². The Morgan fingerprint density at radius 1 is 1.14 bits per heavy atom. The molecule has 0 spiro atoms. The number of ether oxygens (including phenoxy) is 2. The molecular weight excluding hydrogens is 910 g/mol. The summed E-state index contributed by atoms with van der Waals surface area (Å²) in [5, 5.41) is 56.9. The van der Waals surface area contributed by atoms with Crippen molar-refractivity contribution in [2.45, 2.75) is 103 Å². The molecule has 0 aromatic heterocycles. The van der Waals surface area contributed by atoms with Gasteiger partial charge >= 0.3 is 5.97 Å². The molecule has 0 amide bonds. The van der Waals surface area contributed by atoms with Gasteiger partial charge in [0.15, 0.2) is 11.9 Å². The number of carbonyl (C=O) groups is 2. The molecule has 0 aromatic carbocycles. The maximum atomic E-state index is 14.0. The van der Waals surface area contributed by atoms with Crippen molar-refractivity contribution >= 4 is 11.8 Å². The Morgan fingerprint density at radius 2 is 1.70 bits per heavy atom. The molecule has 1 heterocycles. The normalized spacial score (nSPS) is 45.2. The van der Waals surface area contributed by atoms with Crippen LogP contribution in [0.1, 0.15) is 61.3 Å². The molecule has 1 aliphatic heterocycles. The summed E-state index contributed by atoms with van der Waals surface area (Å²) in [6.45, 7) is 11.7. The van der Waals surface area contributed by atoms with Gasteiger partial charge in [0.25, 0.3) is 0 Å². The Kier molecular flexibility index (Phi) is 10.6. The van der Waals surface area contributed by atoms with Crippen LogP contribution in [0.2, 0.25) is 0 Å². The molecule has 4 rings (SSSR count). The first-order valence-corrected chi connectivity index (χ1v) is 12.5. The summed E-state index contributed by atoms with van der Waals surface area (Å²) in [7, 11) is 0. The molecule has 3 aliphatic carbocycles. The van der Waals surface area contributed by atoms with Gasteiger partial charge in [0, 0.05) is 112 Å². The molecule has 5 N–H and O–H groups in total. The third-order valence-corrected chi connectivity index (χ3v) is 9.98. The van der Waals surface area contributed by atoms with Gasteiger partial charge in [-0.1, -0.05) is 34.6 Å². The quantitative estimate of drug-likeness (QED) is 0.201. The number of hydrogen-bond acceptors (Lipinski definition) is 9. The van der Waals surface area contributed by atoms with Crippen LogP contribution in [0.3, 0.4) is 0 Å². The molecule has 4 aliphatic rings. The Morgan fingerprint density at radius 3 is 2.19 bits per heavy atom. The minimum atomic E-state index is -1.69. The number of ketones is 1. The molecule has 37 heavy (non-hydrogen) atoms. The monoisotopic (exact) mass is 950 g/mol. The molecule has 9 nitrogen and oxygen atoms in total. The molecule has 2 bridgehead atoms. The van der Waals surface area contributed by atoms with Gasteiger partial charge in [0.1, 0.15) is 17.8 Å². The molecule has 0 aromatic rings. The van der Waals surface area contributed by atoms with Gasteiger partial charge in [-0.3, -0.25) is 4.79 Å². The topological polar surface area (TPSA) is 154 Å². The van der Waals surface area contributed by atoms with Gasteiger partial charge in [0.2, 0.25) is 0 Å². The molecule has 7 unspecified atom stereocenters. The van der Waals surface area contributed by atoms with Crippen LogP contribution in [0.4, 0.5) is 0 Å². The van der Waals surface area contributed by atoms with Gasteiger partial charge in [-0.25, -0.2) is 4.79 Å². The molecule has 2 radical (unpaired) electrons. The van der Waals surface area contributed by atoms with Crippen LogP contribution in [-0.2, 0) is 19.1 Å². The minimum absolute atomic E-state index is 0. The number of Topliss-reactive ketones (excluding diaryl/α,β-unsaturated/α-hetero) is 1. The maximum absolute atomic E-state index is 14.0. The molecular formula is C26H40Ac2O9. The first-order chi connectivity index (χ1) is 16.0. The van der Waals surface area contributed by atoms with Crippen molar-refractivity contribution in [3.05, 3.63) is 11.1 Å². The fourth-order valence-corrected chi connectivity index (χ4v) is 7.59. The van der Waals surface area contributed by atoms with E-state index < -0.39 is 76.1 Å². The summed E-state index contributed by atoms with van der Waals surface area (Å²) >= 11 is 0. The van der Waals surface area contributed by atoms with Gasteiger partial charge in [-0.05, 0) is 36.8 Å². The van der Waals surface area contributed by atoms with E-state index in [0.717, 1.165) is 0 Å². The number of carbonyl (C=O) groups excluding carboxylic acids is 2. The Labute approximate surface area is 290 Å². The summed E-state index contributed by atoms with van der Waals surface area (Å²) in [5.41, 5.74) is -5.11. The predicted molar refractivity (Wildman–Crippen MR) is 124 cm³/mol. The fraction of sp³-hybridized carbons (Fsp3) is 0.846. The summed E-state index contributed by atoms with van der Waals surface area (Å²) in [5.74, 6) is -3.56. The molecule has 2 saturated carbocycles. The van der Waals surface area contributed by atoms with Crippen LogP contribution in [0.25, 0.3) is 0 Å². The summed E-state index contributed by atoms with van der Waals surface area (Å²) in [6.07, 6.45) is -5.94. The number of esters is 1. The smallest absolute Gasteiger partial charge is 0.335 e. The number of aliphatic hydroxyl groups is 5. The van der Waals surface area contributed by atoms with E-state index in [2.05, 4.69) is 0 Å². The Hall–Kier alpha value is 1.52. The van der Waals surface area contributed by atoms with Crippen LogP contribution in [0.15, 0.2) is 11.1 Å². The summed E-state index contributed by atoms with van der Waals surface area (Å²) in [6, 6.07) is 0. The number of fused-ring (bicyclic) bond motifs is 5. The van der Waals surface area contributed by atoms with E-state index >= 15 is 0 Å². The number of hydrogen-bond donors (Lipinski definition) is 5. The average molecular weight is 951 g/mol.